The zero-order chi connectivity index (χ0) is 15.5. The van der Waals surface area contributed by atoms with Crippen LogP contribution in [0.25, 0.3) is 10.9 Å². The van der Waals surface area contributed by atoms with Crippen molar-refractivity contribution in [3.8, 4) is 0 Å². The molecular formula is C17H19NO4. The Balaban J connectivity index is 1.86. The van der Waals surface area contributed by atoms with Crippen LogP contribution in [0.1, 0.15) is 41.4 Å². The van der Waals surface area contributed by atoms with E-state index in [-0.39, 0.29) is 13.2 Å². The minimum absolute atomic E-state index is 0.273. The van der Waals surface area contributed by atoms with Crippen LogP contribution < -0.4 is 0 Å². The van der Waals surface area contributed by atoms with Crippen LogP contribution in [0, 0.1) is 0 Å². The number of fused-ring (bicyclic) bond motifs is 3. The molecule has 116 valence electrons. The van der Waals surface area contributed by atoms with E-state index in [9.17, 15) is 9.59 Å². The van der Waals surface area contributed by atoms with Crippen molar-refractivity contribution in [2.24, 2.45) is 0 Å². The Morgan fingerprint density at radius 2 is 2.00 bits per heavy atom. The third kappa shape index (κ3) is 2.71. The van der Waals surface area contributed by atoms with Crippen molar-refractivity contribution in [1.82, 2.24) is 4.98 Å². The summed E-state index contributed by atoms with van der Waals surface area (Å²) in [7, 11) is 0. The fraction of sp³-hybridized carbons (Fsp3) is 0.412. The summed E-state index contributed by atoms with van der Waals surface area (Å²) in [5, 5.41) is 1.08. The third-order valence-corrected chi connectivity index (χ3v) is 3.98. The standard InChI is InChI=1S/C17H19NO4/c1-2-21-15(19)10-22-17(20)13-8-5-7-12-11-6-3-4-9-14(11)18-16(12)13/h5,7-8,18H,2-4,6,9-10H2,1H3. The van der Waals surface area contributed by atoms with Gasteiger partial charge in [-0.25, -0.2) is 9.59 Å². The molecule has 0 bridgehead atoms. The maximum absolute atomic E-state index is 12.2. The van der Waals surface area contributed by atoms with Gasteiger partial charge >= 0.3 is 11.9 Å². The van der Waals surface area contributed by atoms with Gasteiger partial charge in [0.15, 0.2) is 6.61 Å². The number of nitrogens with one attached hydrogen (secondary N) is 1. The fourth-order valence-electron chi connectivity index (χ4n) is 3.00. The molecule has 1 heterocycles. The van der Waals surface area contributed by atoms with Gasteiger partial charge in [0.1, 0.15) is 0 Å². The number of hydrogen-bond donors (Lipinski definition) is 1. The molecule has 2 aromatic rings. The molecule has 0 amide bonds. The van der Waals surface area contributed by atoms with Crippen molar-refractivity contribution >= 4 is 22.8 Å². The highest BCUT2D eigenvalue weighted by atomic mass is 16.6. The molecule has 0 fully saturated rings. The molecular weight excluding hydrogens is 282 g/mol. The summed E-state index contributed by atoms with van der Waals surface area (Å²) in [5.41, 5.74) is 3.80. The number of benzene rings is 1. The van der Waals surface area contributed by atoms with Gasteiger partial charge < -0.3 is 14.5 Å². The molecule has 22 heavy (non-hydrogen) atoms. The average molecular weight is 301 g/mol. The first-order valence-corrected chi connectivity index (χ1v) is 7.66. The number of aryl methyl sites for hydroxylation is 2. The monoisotopic (exact) mass is 301 g/mol. The highest BCUT2D eigenvalue weighted by molar-refractivity contribution is 6.04. The number of rotatable bonds is 4. The van der Waals surface area contributed by atoms with Crippen LogP contribution in [0.2, 0.25) is 0 Å². The fourth-order valence-corrected chi connectivity index (χ4v) is 3.00. The molecule has 3 rings (SSSR count). The van der Waals surface area contributed by atoms with Gasteiger partial charge in [0.25, 0.3) is 0 Å². The van der Waals surface area contributed by atoms with E-state index in [1.807, 2.05) is 12.1 Å². The second-order valence-corrected chi connectivity index (χ2v) is 5.40. The zero-order valence-electron chi connectivity index (χ0n) is 12.6. The normalized spacial score (nSPS) is 13.7. The molecule has 5 nitrogen and oxygen atoms in total. The molecule has 0 spiro atoms. The van der Waals surface area contributed by atoms with E-state index < -0.39 is 11.9 Å². The Labute approximate surface area is 128 Å². The number of hydrogen-bond acceptors (Lipinski definition) is 4. The van der Waals surface area contributed by atoms with Crippen molar-refractivity contribution in [2.75, 3.05) is 13.2 Å². The van der Waals surface area contributed by atoms with Crippen molar-refractivity contribution in [3.63, 3.8) is 0 Å². The van der Waals surface area contributed by atoms with Gasteiger partial charge in [0.05, 0.1) is 17.7 Å². The van der Waals surface area contributed by atoms with Gasteiger partial charge in [-0.3, -0.25) is 0 Å². The molecule has 0 saturated carbocycles. The van der Waals surface area contributed by atoms with E-state index in [4.69, 9.17) is 9.47 Å². The smallest absolute Gasteiger partial charge is 0.344 e. The second-order valence-electron chi connectivity index (χ2n) is 5.40. The van der Waals surface area contributed by atoms with E-state index in [2.05, 4.69) is 4.98 Å². The molecule has 1 aliphatic carbocycles. The first-order chi connectivity index (χ1) is 10.7. The molecule has 0 atom stereocenters. The molecule has 1 N–H and O–H groups in total. The minimum Gasteiger partial charge on any atom is -0.463 e. The number of aromatic amines is 1. The lowest BCUT2D eigenvalue weighted by molar-refractivity contribution is -0.146. The molecule has 5 heteroatoms. The summed E-state index contributed by atoms with van der Waals surface area (Å²) in [4.78, 5) is 26.9. The Morgan fingerprint density at radius 1 is 1.18 bits per heavy atom. The number of ether oxygens (including phenoxy) is 2. The maximum Gasteiger partial charge on any atom is 0.344 e. The summed E-state index contributed by atoms with van der Waals surface area (Å²) in [6.45, 7) is 1.63. The summed E-state index contributed by atoms with van der Waals surface area (Å²) in [5.74, 6) is -1.04. The quantitative estimate of drug-likeness (QED) is 0.882. The topological polar surface area (TPSA) is 68.4 Å². The van der Waals surface area contributed by atoms with E-state index in [1.54, 1.807) is 13.0 Å². The number of carbonyl (C=O) groups excluding carboxylic acids is 2. The molecule has 1 aromatic heterocycles. The van der Waals surface area contributed by atoms with Gasteiger partial charge in [-0.15, -0.1) is 0 Å². The number of para-hydroxylation sites is 1. The average Bonchev–Trinajstić information content (AvgIpc) is 2.91. The van der Waals surface area contributed by atoms with Crippen LogP contribution in [0.3, 0.4) is 0 Å². The van der Waals surface area contributed by atoms with Gasteiger partial charge in [-0.05, 0) is 44.2 Å². The maximum atomic E-state index is 12.2. The Morgan fingerprint density at radius 3 is 2.82 bits per heavy atom. The predicted octanol–water partition coefficient (Wildman–Crippen LogP) is 2.77. The SMILES string of the molecule is CCOC(=O)COC(=O)c1cccc2c3c([nH]c12)CCCC3. The van der Waals surface area contributed by atoms with E-state index >= 15 is 0 Å². The van der Waals surface area contributed by atoms with E-state index in [1.165, 1.54) is 24.1 Å². The highest BCUT2D eigenvalue weighted by Gasteiger charge is 2.20. The van der Waals surface area contributed by atoms with Crippen LogP contribution >= 0.6 is 0 Å². The van der Waals surface area contributed by atoms with E-state index in [0.717, 1.165) is 23.7 Å². The molecule has 1 aliphatic rings. The van der Waals surface area contributed by atoms with Crippen LogP contribution in [0.15, 0.2) is 18.2 Å². The number of esters is 2. The van der Waals surface area contributed by atoms with Crippen LogP contribution in [-0.2, 0) is 27.1 Å². The largest absolute Gasteiger partial charge is 0.463 e. The predicted molar refractivity (Wildman–Crippen MR) is 81.9 cm³/mol. The summed E-state index contributed by atoms with van der Waals surface area (Å²) < 4.78 is 9.81. The van der Waals surface area contributed by atoms with Crippen LogP contribution in [0.5, 0.6) is 0 Å². The summed E-state index contributed by atoms with van der Waals surface area (Å²) >= 11 is 0. The lowest BCUT2D eigenvalue weighted by atomic mass is 9.95. The second kappa shape index (κ2) is 6.22. The van der Waals surface area contributed by atoms with Crippen molar-refractivity contribution < 1.29 is 19.1 Å². The van der Waals surface area contributed by atoms with Crippen molar-refractivity contribution in [3.05, 3.63) is 35.0 Å². The lowest BCUT2D eigenvalue weighted by Crippen LogP contribution is -2.16. The molecule has 0 radical (unpaired) electrons. The van der Waals surface area contributed by atoms with Crippen molar-refractivity contribution in [2.45, 2.75) is 32.6 Å². The highest BCUT2D eigenvalue weighted by Crippen LogP contribution is 2.30. The number of carbonyl (C=O) groups is 2. The molecule has 0 unspecified atom stereocenters. The van der Waals surface area contributed by atoms with Gasteiger partial charge in [-0.2, -0.15) is 0 Å². The zero-order valence-corrected chi connectivity index (χ0v) is 12.6. The lowest BCUT2D eigenvalue weighted by Gasteiger charge is -2.10. The minimum atomic E-state index is -0.534. The third-order valence-electron chi connectivity index (χ3n) is 3.98. The van der Waals surface area contributed by atoms with E-state index in [0.29, 0.717) is 5.56 Å². The van der Waals surface area contributed by atoms with Crippen LogP contribution in [-0.4, -0.2) is 30.1 Å². The molecule has 0 aliphatic heterocycles. The first kappa shape index (κ1) is 14.6. The van der Waals surface area contributed by atoms with Gasteiger partial charge in [0.2, 0.25) is 0 Å². The van der Waals surface area contributed by atoms with Gasteiger partial charge in [-0.1, -0.05) is 12.1 Å². The number of H-pyrrole nitrogens is 1. The Hall–Kier alpha value is -2.30. The summed E-state index contributed by atoms with van der Waals surface area (Å²) in [6.07, 6.45) is 4.40. The Bertz CT molecular complexity index is 717. The number of aromatic nitrogens is 1. The first-order valence-electron chi connectivity index (χ1n) is 7.66. The van der Waals surface area contributed by atoms with Crippen LogP contribution in [0.4, 0.5) is 0 Å². The van der Waals surface area contributed by atoms with Gasteiger partial charge in [0, 0.05) is 11.1 Å². The molecule has 0 saturated heterocycles. The molecule has 1 aromatic carbocycles. The Kier molecular flexibility index (Phi) is 4.13. The summed E-state index contributed by atoms with van der Waals surface area (Å²) in [6, 6.07) is 5.60. The van der Waals surface area contributed by atoms with Crippen molar-refractivity contribution in [1.29, 1.82) is 0 Å².